The van der Waals surface area contributed by atoms with E-state index in [0.29, 0.717) is 0 Å². The molecule has 0 aromatic heterocycles. The highest BCUT2D eigenvalue weighted by Gasteiger charge is 2.08. The normalized spacial score (nSPS) is 16.3. The van der Waals surface area contributed by atoms with Crippen LogP contribution in [0.2, 0.25) is 0 Å². The van der Waals surface area contributed by atoms with E-state index in [1.165, 1.54) is 26.1 Å². The van der Waals surface area contributed by atoms with Crippen molar-refractivity contribution in [2.24, 2.45) is 0 Å². The first-order chi connectivity index (χ1) is 9.40. The largest absolute Gasteiger partial charge is 0.493 e. The first kappa shape index (κ1) is 14.2. The maximum Gasteiger partial charge on any atom is 0.161 e. The van der Waals surface area contributed by atoms with E-state index in [2.05, 4.69) is 10.2 Å². The summed E-state index contributed by atoms with van der Waals surface area (Å²) in [6.45, 7) is 6.53. The van der Waals surface area contributed by atoms with Gasteiger partial charge in [0.15, 0.2) is 11.5 Å². The lowest BCUT2D eigenvalue weighted by molar-refractivity contribution is 0.224. The molecule has 1 saturated heterocycles. The molecule has 1 aliphatic rings. The van der Waals surface area contributed by atoms with E-state index in [9.17, 15) is 0 Å². The second-order valence-electron chi connectivity index (χ2n) is 4.80. The smallest absolute Gasteiger partial charge is 0.161 e. The number of piperazine rings is 1. The fourth-order valence-electron chi connectivity index (χ4n) is 2.29. The van der Waals surface area contributed by atoms with Crippen LogP contribution in [0, 0.1) is 0 Å². The van der Waals surface area contributed by atoms with Gasteiger partial charge in [0.2, 0.25) is 0 Å². The van der Waals surface area contributed by atoms with Crippen LogP contribution < -0.4 is 14.8 Å². The molecule has 1 aromatic carbocycles. The van der Waals surface area contributed by atoms with Crippen LogP contribution in [-0.2, 0) is 0 Å². The fourth-order valence-corrected chi connectivity index (χ4v) is 2.29. The highest BCUT2D eigenvalue weighted by molar-refractivity contribution is 5.39. The minimum atomic E-state index is 0.756. The molecule has 0 atom stereocenters. The monoisotopic (exact) mass is 264 g/mol. The van der Waals surface area contributed by atoms with Gasteiger partial charge >= 0.3 is 0 Å². The number of benzene rings is 1. The van der Waals surface area contributed by atoms with Crippen LogP contribution in [-0.4, -0.2) is 51.3 Å². The van der Waals surface area contributed by atoms with Crippen molar-refractivity contribution in [2.75, 3.05) is 46.4 Å². The number of nitrogens with one attached hydrogen (secondary N) is 1. The molecule has 4 heteroatoms. The Morgan fingerprint density at radius 3 is 2.58 bits per heavy atom. The molecule has 0 saturated carbocycles. The molecule has 0 spiro atoms. The molecule has 0 bridgehead atoms. The molecule has 0 radical (unpaired) electrons. The molecule has 106 valence electrons. The van der Waals surface area contributed by atoms with Gasteiger partial charge in [0, 0.05) is 26.2 Å². The van der Waals surface area contributed by atoms with Crippen LogP contribution in [0.25, 0.3) is 0 Å². The maximum atomic E-state index is 5.76. The van der Waals surface area contributed by atoms with Gasteiger partial charge in [0.05, 0.1) is 13.7 Å². The van der Waals surface area contributed by atoms with E-state index in [4.69, 9.17) is 9.47 Å². The summed E-state index contributed by atoms with van der Waals surface area (Å²) in [5.74, 6) is 1.65. The molecule has 1 fully saturated rings. The first-order valence-corrected chi connectivity index (χ1v) is 7.09. The molecule has 4 nitrogen and oxygen atoms in total. The number of hydrogen-bond acceptors (Lipinski definition) is 4. The van der Waals surface area contributed by atoms with Crippen LogP contribution in [0.1, 0.15) is 12.8 Å². The topological polar surface area (TPSA) is 33.7 Å². The molecule has 0 aliphatic carbocycles. The molecule has 1 aromatic rings. The number of ether oxygens (including phenoxy) is 2. The van der Waals surface area contributed by atoms with Gasteiger partial charge in [0.1, 0.15) is 0 Å². The lowest BCUT2D eigenvalue weighted by Gasteiger charge is -2.27. The number of para-hydroxylation sites is 2. The zero-order valence-electron chi connectivity index (χ0n) is 11.7. The summed E-state index contributed by atoms with van der Waals surface area (Å²) >= 11 is 0. The van der Waals surface area contributed by atoms with E-state index in [0.717, 1.165) is 37.6 Å². The number of rotatable bonds is 7. The Labute approximate surface area is 115 Å². The molecule has 1 aliphatic heterocycles. The maximum absolute atomic E-state index is 5.76. The van der Waals surface area contributed by atoms with Crippen molar-refractivity contribution < 1.29 is 9.47 Å². The predicted octanol–water partition coefficient (Wildman–Crippen LogP) is 1.76. The van der Waals surface area contributed by atoms with Crippen molar-refractivity contribution >= 4 is 0 Å². The minimum Gasteiger partial charge on any atom is -0.493 e. The lowest BCUT2D eigenvalue weighted by Crippen LogP contribution is -2.43. The zero-order valence-corrected chi connectivity index (χ0v) is 11.7. The first-order valence-electron chi connectivity index (χ1n) is 7.09. The van der Waals surface area contributed by atoms with E-state index >= 15 is 0 Å². The van der Waals surface area contributed by atoms with Crippen molar-refractivity contribution in [1.29, 1.82) is 0 Å². The number of nitrogens with zero attached hydrogens (tertiary/aromatic N) is 1. The van der Waals surface area contributed by atoms with E-state index in [-0.39, 0.29) is 0 Å². The minimum absolute atomic E-state index is 0.756. The van der Waals surface area contributed by atoms with Crippen LogP contribution in [0.4, 0.5) is 0 Å². The Morgan fingerprint density at radius 2 is 1.84 bits per heavy atom. The lowest BCUT2D eigenvalue weighted by atomic mass is 10.2. The Hall–Kier alpha value is -1.26. The van der Waals surface area contributed by atoms with Gasteiger partial charge in [-0.05, 0) is 31.5 Å². The predicted molar refractivity (Wildman–Crippen MR) is 77.0 cm³/mol. The summed E-state index contributed by atoms with van der Waals surface area (Å²) in [7, 11) is 1.67. The van der Waals surface area contributed by atoms with Crippen LogP contribution in [0.5, 0.6) is 11.5 Å². The van der Waals surface area contributed by atoms with Crippen molar-refractivity contribution in [2.45, 2.75) is 12.8 Å². The standard InChI is InChI=1S/C15H24N2O2/c1-18-14-6-2-3-7-15(14)19-13-5-4-10-17-11-8-16-9-12-17/h2-3,6-7,16H,4-5,8-13H2,1H3. The van der Waals surface area contributed by atoms with Crippen LogP contribution >= 0.6 is 0 Å². The molecular weight excluding hydrogens is 240 g/mol. The van der Waals surface area contributed by atoms with E-state index in [1.807, 2.05) is 24.3 Å². The van der Waals surface area contributed by atoms with Crippen molar-refractivity contribution in [3.63, 3.8) is 0 Å². The Bertz CT molecular complexity index is 365. The number of unbranched alkanes of at least 4 members (excludes halogenated alkanes) is 1. The molecule has 1 heterocycles. The third kappa shape index (κ3) is 4.73. The van der Waals surface area contributed by atoms with Crippen LogP contribution in [0.15, 0.2) is 24.3 Å². The SMILES string of the molecule is COc1ccccc1OCCCCN1CCNCC1. The number of methoxy groups -OCH3 is 1. The number of hydrogen-bond donors (Lipinski definition) is 1. The van der Waals surface area contributed by atoms with Gasteiger partial charge in [0.25, 0.3) is 0 Å². The van der Waals surface area contributed by atoms with Crippen molar-refractivity contribution in [3.05, 3.63) is 24.3 Å². The summed E-state index contributed by atoms with van der Waals surface area (Å²) in [6, 6.07) is 7.81. The highest BCUT2D eigenvalue weighted by atomic mass is 16.5. The molecule has 0 amide bonds. The quantitative estimate of drug-likeness (QED) is 0.761. The van der Waals surface area contributed by atoms with Crippen LogP contribution in [0.3, 0.4) is 0 Å². The van der Waals surface area contributed by atoms with Gasteiger partial charge < -0.3 is 19.7 Å². The van der Waals surface area contributed by atoms with E-state index < -0.39 is 0 Å². The molecule has 19 heavy (non-hydrogen) atoms. The second kappa shape index (κ2) is 8.02. The van der Waals surface area contributed by atoms with Gasteiger partial charge in [-0.25, -0.2) is 0 Å². The van der Waals surface area contributed by atoms with Crippen molar-refractivity contribution in [1.82, 2.24) is 10.2 Å². The van der Waals surface area contributed by atoms with Crippen molar-refractivity contribution in [3.8, 4) is 11.5 Å². The average Bonchev–Trinajstić information content (AvgIpc) is 2.48. The second-order valence-corrected chi connectivity index (χ2v) is 4.80. The molecule has 0 unspecified atom stereocenters. The van der Waals surface area contributed by atoms with E-state index in [1.54, 1.807) is 7.11 Å². The summed E-state index contributed by atoms with van der Waals surface area (Å²) in [5, 5.41) is 3.37. The molecular formula is C15H24N2O2. The molecule has 2 rings (SSSR count). The summed E-state index contributed by atoms with van der Waals surface area (Å²) in [4.78, 5) is 2.51. The third-order valence-corrected chi connectivity index (χ3v) is 3.40. The average molecular weight is 264 g/mol. The highest BCUT2D eigenvalue weighted by Crippen LogP contribution is 2.25. The Kier molecular flexibility index (Phi) is 5.98. The molecule has 1 N–H and O–H groups in total. The summed E-state index contributed by atoms with van der Waals surface area (Å²) in [6.07, 6.45) is 2.27. The van der Waals surface area contributed by atoms with Gasteiger partial charge in [-0.3, -0.25) is 0 Å². The van der Waals surface area contributed by atoms with Gasteiger partial charge in [-0.15, -0.1) is 0 Å². The Balaban J connectivity index is 1.61. The fraction of sp³-hybridized carbons (Fsp3) is 0.600. The van der Waals surface area contributed by atoms with Gasteiger partial charge in [-0.2, -0.15) is 0 Å². The summed E-state index contributed by atoms with van der Waals surface area (Å²) < 4.78 is 11.0. The summed E-state index contributed by atoms with van der Waals surface area (Å²) in [5.41, 5.74) is 0. The van der Waals surface area contributed by atoms with Gasteiger partial charge in [-0.1, -0.05) is 12.1 Å². The third-order valence-electron chi connectivity index (χ3n) is 3.40. The Morgan fingerprint density at radius 1 is 1.11 bits per heavy atom. The zero-order chi connectivity index (χ0) is 13.3.